The SMILES string of the molecule is C(=C\c1cccc(N(c2ccccc2)c2ccc(-c3ccccc3)cc2)c1)/c1ccccc1. The van der Waals surface area contributed by atoms with Crippen LogP contribution in [0.25, 0.3) is 23.3 Å². The lowest BCUT2D eigenvalue weighted by atomic mass is 10.0. The minimum atomic E-state index is 1.13. The van der Waals surface area contributed by atoms with E-state index in [0.29, 0.717) is 0 Å². The maximum Gasteiger partial charge on any atom is 0.0467 e. The van der Waals surface area contributed by atoms with Crippen molar-refractivity contribution >= 4 is 29.2 Å². The molecule has 0 saturated heterocycles. The number of hydrogen-bond donors (Lipinski definition) is 0. The molecule has 0 saturated carbocycles. The highest BCUT2D eigenvalue weighted by atomic mass is 15.1. The number of anilines is 3. The summed E-state index contributed by atoms with van der Waals surface area (Å²) >= 11 is 0. The smallest absolute Gasteiger partial charge is 0.0467 e. The van der Waals surface area contributed by atoms with Gasteiger partial charge in [-0.1, -0.05) is 115 Å². The van der Waals surface area contributed by atoms with E-state index in [1.54, 1.807) is 0 Å². The van der Waals surface area contributed by atoms with Crippen molar-refractivity contribution in [2.75, 3.05) is 4.90 Å². The Hall–Kier alpha value is -4.36. The lowest BCUT2D eigenvalue weighted by molar-refractivity contribution is 1.28. The Morgan fingerprint density at radius 3 is 1.55 bits per heavy atom. The van der Waals surface area contributed by atoms with Gasteiger partial charge < -0.3 is 4.90 Å². The van der Waals surface area contributed by atoms with E-state index in [0.717, 1.165) is 22.6 Å². The summed E-state index contributed by atoms with van der Waals surface area (Å²) < 4.78 is 0. The summed E-state index contributed by atoms with van der Waals surface area (Å²) in [6.07, 6.45) is 4.32. The summed E-state index contributed by atoms with van der Waals surface area (Å²) in [5.41, 5.74) is 8.19. The van der Waals surface area contributed by atoms with Gasteiger partial charge in [-0.15, -0.1) is 0 Å². The van der Waals surface area contributed by atoms with Crippen molar-refractivity contribution in [2.24, 2.45) is 0 Å². The Labute approximate surface area is 195 Å². The van der Waals surface area contributed by atoms with Crippen LogP contribution in [0.5, 0.6) is 0 Å². The number of hydrogen-bond acceptors (Lipinski definition) is 1. The molecule has 5 aromatic rings. The van der Waals surface area contributed by atoms with Gasteiger partial charge in [0, 0.05) is 17.1 Å². The zero-order valence-electron chi connectivity index (χ0n) is 18.4. The van der Waals surface area contributed by atoms with Crippen LogP contribution in [0.4, 0.5) is 17.1 Å². The lowest BCUT2D eigenvalue weighted by Crippen LogP contribution is -2.09. The molecule has 0 atom stereocenters. The predicted octanol–water partition coefficient (Wildman–Crippen LogP) is 8.99. The molecule has 0 unspecified atom stereocenters. The van der Waals surface area contributed by atoms with E-state index in [9.17, 15) is 0 Å². The number of benzene rings is 5. The molecule has 0 amide bonds. The zero-order chi connectivity index (χ0) is 22.3. The van der Waals surface area contributed by atoms with Gasteiger partial charge in [-0.2, -0.15) is 0 Å². The molecule has 0 heterocycles. The maximum atomic E-state index is 2.30. The standard InChI is InChI=1S/C32H25N/c1-4-11-26(12-5-1)19-20-27-13-10-18-32(25-27)33(30-16-8-3-9-17-30)31-23-21-29(22-24-31)28-14-6-2-7-15-28/h1-25H/b20-19+. The average Bonchev–Trinajstić information content (AvgIpc) is 2.90. The van der Waals surface area contributed by atoms with Crippen molar-refractivity contribution in [1.29, 1.82) is 0 Å². The molecule has 1 heteroatoms. The van der Waals surface area contributed by atoms with Crippen LogP contribution in [0.3, 0.4) is 0 Å². The van der Waals surface area contributed by atoms with E-state index < -0.39 is 0 Å². The average molecular weight is 424 g/mol. The van der Waals surface area contributed by atoms with Gasteiger partial charge in [0.25, 0.3) is 0 Å². The van der Waals surface area contributed by atoms with E-state index in [2.05, 4.69) is 144 Å². The van der Waals surface area contributed by atoms with Crippen LogP contribution in [0, 0.1) is 0 Å². The van der Waals surface area contributed by atoms with Crippen molar-refractivity contribution in [1.82, 2.24) is 0 Å². The summed E-state index contributed by atoms with van der Waals surface area (Å²) in [5.74, 6) is 0. The third-order valence-corrected chi connectivity index (χ3v) is 5.64. The van der Waals surface area contributed by atoms with E-state index in [-0.39, 0.29) is 0 Å². The van der Waals surface area contributed by atoms with Gasteiger partial charge >= 0.3 is 0 Å². The van der Waals surface area contributed by atoms with Crippen LogP contribution in [0.1, 0.15) is 11.1 Å². The van der Waals surface area contributed by atoms with Crippen molar-refractivity contribution in [2.45, 2.75) is 0 Å². The predicted molar refractivity (Wildman–Crippen MR) is 142 cm³/mol. The Bertz CT molecular complexity index is 1320. The molecule has 33 heavy (non-hydrogen) atoms. The summed E-state index contributed by atoms with van der Waals surface area (Å²) in [5, 5.41) is 0. The van der Waals surface area contributed by atoms with Crippen LogP contribution >= 0.6 is 0 Å². The number of para-hydroxylation sites is 1. The van der Waals surface area contributed by atoms with Crippen LogP contribution in [0.15, 0.2) is 140 Å². The summed E-state index contributed by atoms with van der Waals surface area (Å²) in [6.45, 7) is 0. The molecule has 5 aromatic carbocycles. The molecular formula is C32H25N. The molecule has 0 spiro atoms. The van der Waals surface area contributed by atoms with Gasteiger partial charge in [-0.05, 0) is 58.7 Å². The largest absolute Gasteiger partial charge is 0.310 e. The van der Waals surface area contributed by atoms with E-state index in [1.165, 1.54) is 16.7 Å². The Morgan fingerprint density at radius 2 is 0.848 bits per heavy atom. The molecule has 0 aliphatic heterocycles. The van der Waals surface area contributed by atoms with Crippen LogP contribution in [0.2, 0.25) is 0 Å². The second-order valence-electron chi connectivity index (χ2n) is 7.92. The van der Waals surface area contributed by atoms with Crippen LogP contribution in [-0.2, 0) is 0 Å². The summed E-state index contributed by atoms with van der Waals surface area (Å²) in [6, 6.07) is 48.9. The van der Waals surface area contributed by atoms with Crippen molar-refractivity contribution in [3.05, 3.63) is 151 Å². The molecule has 1 nitrogen and oxygen atoms in total. The summed E-state index contributed by atoms with van der Waals surface area (Å²) in [7, 11) is 0. The fourth-order valence-electron chi connectivity index (χ4n) is 3.98. The highest BCUT2D eigenvalue weighted by Crippen LogP contribution is 2.36. The highest BCUT2D eigenvalue weighted by Gasteiger charge is 2.12. The minimum Gasteiger partial charge on any atom is -0.310 e. The van der Waals surface area contributed by atoms with E-state index >= 15 is 0 Å². The van der Waals surface area contributed by atoms with Gasteiger partial charge in [0.05, 0.1) is 0 Å². The van der Waals surface area contributed by atoms with Gasteiger partial charge in [0.15, 0.2) is 0 Å². The summed E-state index contributed by atoms with van der Waals surface area (Å²) in [4.78, 5) is 2.30. The van der Waals surface area contributed by atoms with Crippen LogP contribution in [-0.4, -0.2) is 0 Å². The Morgan fingerprint density at radius 1 is 0.364 bits per heavy atom. The van der Waals surface area contributed by atoms with Crippen molar-refractivity contribution < 1.29 is 0 Å². The number of rotatable bonds is 6. The second-order valence-corrected chi connectivity index (χ2v) is 7.92. The minimum absolute atomic E-state index is 1.13. The molecule has 0 aliphatic carbocycles. The first-order valence-electron chi connectivity index (χ1n) is 11.2. The first-order valence-corrected chi connectivity index (χ1v) is 11.2. The molecule has 0 aliphatic rings. The molecule has 5 rings (SSSR count). The fourth-order valence-corrected chi connectivity index (χ4v) is 3.98. The monoisotopic (exact) mass is 423 g/mol. The topological polar surface area (TPSA) is 3.24 Å². The normalized spacial score (nSPS) is 10.9. The Balaban J connectivity index is 1.51. The fraction of sp³-hybridized carbons (Fsp3) is 0. The lowest BCUT2D eigenvalue weighted by Gasteiger charge is -2.26. The maximum absolute atomic E-state index is 2.30. The second kappa shape index (κ2) is 9.84. The van der Waals surface area contributed by atoms with E-state index in [1.807, 2.05) is 12.1 Å². The van der Waals surface area contributed by atoms with Gasteiger partial charge in [0.1, 0.15) is 0 Å². The van der Waals surface area contributed by atoms with E-state index in [4.69, 9.17) is 0 Å². The quantitative estimate of drug-likeness (QED) is 0.246. The highest BCUT2D eigenvalue weighted by molar-refractivity contribution is 5.80. The third kappa shape index (κ3) is 4.94. The third-order valence-electron chi connectivity index (χ3n) is 5.64. The molecule has 0 radical (unpaired) electrons. The van der Waals surface area contributed by atoms with Gasteiger partial charge in [-0.3, -0.25) is 0 Å². The van der Waals surface area contributed by atoms with Gasteiger partial charge in [-0.25, -0.2) is 0 Å². The first kappa shape index (κ1) is 20.5. The molecule has 158 valence electrons. The van der Waals surface area contributed by atoms with Crippen LogP contribution < -0.4 is 4.90 Å². The molecular weight excluding hydrogens is 398 g/mol. The molecule has 0 N–H and O–H groups in total. The van der Waals surface area contributed by atoms with Crippen molar-refractivity contribution in [3.63, 3.8) is 0 Å². The Kier molecular flexibility index (Phi) is 6.13. The molecule has 0 fully saturated rings. The number of nitrogens with zero attached hydrogens (tertiary/aromatic N) is 1. The van der Waals surface area contributed by atoms with Crippen molar-refractivity contribution in [3.8, 4) is 11.1 Å². The first-order chi connectivity index (χ1) is 16.4. The molecule has 0 bridgehead atoms. The molecule has 0 aromatic heterocycles. The zero-order valence-corrected chi connectivity index (χ0v) is 18.4. The van der Waals surface area contributed by atoms with Gasteiger partial charge in [0.2, 0.25) is 0 Å².